The zero-order chi connectivity index (χ0) is 22.7. The number of nitro benzene ring substituents is 1. The molecule has 0 saturated heterocycles. The molecule has 2 bridgehead atoms. The Morgan fingerprint density at radius 2 is 1.39 bits per heavy atom. The Morgan fingerprint density at radius 3 is 1.87 bits per heavy atom. The predicted molar refractivity (Wildman–Crippen MR) is 107 cm³/mol. The van der Waals surface area contributed by atoms with Crippen LogP contribution in [0.3, 0.4) is 0 Å². The molecule has 0 N–H and O–H groups in total. The lowest BCUT2D eigenvalue weighted by molar-refractivity contribution is -0.384. The normalized spacial score (nSPS) is 18.8. The SMILES string of the molecule is COC(=O)C1=C(C(=O)OC)C2c3cc([N+](=O)[O-])ccc3C1c1ccc(S(=O)(=O)Cl)cc12. The second-order valence-electron chi connectivity index (χ2n) is 6.98. The van der Waals surface area contributed by atoms with E-state index in [1.807, 2.05) is 0 Å². The highest BCUT2D eigenvalue weighted by Crippen LogP contribution is 2.56. The first-order valence-electron chi connectivity index (χ1n) is 8.87. The third kappa shape index (κ3) is 3.10. The molecule has 0 fully saturated rings. The second kappa shape index (κ2) is 7.17. The fourth-order valence-electron chi connectivity index (χ4n) is 4.35. The Labute approximate surface area is 180 Å². The third-order valence-corrected chi connectivity index (χ3v) is 6.89. The molecular weight excluding hydrogens is 450 g/mol. The van der Waals surface area contributed by atoms with Gasteiger partial charge in [-0.3, -0.25) is 10.1 Å². The van der Waals surface area contributed by atoms with Gasteiger partial charge in [0.1, 0.15) is 0 Å². The maximum atomic E-state index is 12.7. The summed E-state index contributed by atoms with van der Waals surface area (Å²) in [7, 11) is 3.73. The summed E-state index contributed by atoms with van der Waals surface area (Å²) < 4.78 is 33.6. The van der Waals surface area contributed by atoms with Crippen molar-refractivity contribution in [2.75, 3.05) is 14.2 Å². The summed E-state index contributed by atoms with van der Waals surface area (Å²) in [6, 6.07) is 8.28. The van der Waals surface area contributed by atoms with Gasteiger partial charge in [0.2, 0.25) is 0 Å². The average Bonchev–Trinajstić information content (AvgIpc) is 2.75. The van der Waals surface area contributed by atoms with Crippen molar-refractivity contribution in [1.29, 1.82) is 0 Å². The van der Waals surface area contributed by atoms with Gasteiger partial charge in [0, 0.05) is 34.7 Å². The number of esters is 2. The quantitative estimate of drug-likeness (QED) is 0.293. The van der Waals surface area contributed by atoms with Crippen LogP contribution in [0.1, 0.15) is 34.1 Å². The minimum absolute atomic E-state index is 0.0506. The van der Waals surface area contributed by atoms with E-state index in [0.717, 1.165) is 7.11 Å². The number of non-ortho nitro benzene ring substituents is 1. The molecule has 160 valence electrons. The molecular formula is C20H14ClNO8S. The summed E-state index contributed by atoms with van der Waals surface area (Å²) in [4.78, 5) is 36.0. The van der Waals surface area contributed by atoms with Gasteiger partial charge < -0.3 is 9.47 Å². The maximum Gasteiger partial charge on any atom is 0.335 e. The Bertz CT molecular complexity index is 1310. The first-order valence-corrected chi connectivity index (χ1v) is 11.2. The van der Waals surface area contributed by atoms with Crippen molar-refractivity contribution in [3.63, 3.8) is 0 Å². The number of ether oxygens (including phenoxy) is 2. The summed E-state index contributed by atoms with van der Waals surface area (Å²) in [5.41, 5.74) is 1.74. The van der Waals surface area contributed by atoms with Gasteiger partial charge in [0.15, 0.2) is 0 Å². The first-order chi connectivity index (χ1) is 14.6. The number of nitro groups is 1. The fraction of sp³-hybridized carbons (Fsp3) is 0.200. The molecule has 0 heterocycles. The van der Waals surface area contributed by atoms with Crippen LogP contribution < -0.4 is 0 Å². The Balaban J connectivity index is 2.10. The minimum atomic E-state index is -4.09. The van der Waals surface area contributed by atoms with Gasteiger partial charge in [-0.1, -0.05) is 12.1 Å². The van der Waals surface area contributed by atoms with E-state index >= 15 is 0 Å². The van der Waals surface area contributed by atoms with Crippen molar-refractivity contribution in [3.05, 3.63) is 79.9 Å². The van der Waals surface area contributed by atoms with E-state index < -0.39 is 37.7 Å². The van der Waals surface area contributed by atoms with Gasteiger partial charge >= 0.3 is 11.9 Å². The number of methoxy groups -OCH3 is 2. The number of halogens is 1. The minimum Gasteiger partial charge on any atom is -0.466 e. The van der Waals surface area contributed by atoms with Crippen LogP contribution in [0, 0.1) is 10.1 Å². The molecule has 0 spiro atoms. The van der Waals surface area contributed by atoms with E-state index in [9.17, 15) is 28.1 Å². The van der Waals surface area contributed by atoms with Gasteiger partial charge in [-0.05, 0) is 34.4 Å². The monoisotopic (exact) mass is 463 g/mol. The number of carbonyl (C=O) groups is 2. The number of nitrogens with zero attached hydrogens (tertiary/aromatic N) is 1. The van der Waals surface area contributed by atoms with Gasteiger partial charge in [0.25, 0.3) is 14.7 Å². The third-order valence-electron chi connectivity index (χ3n) is 5.54. The van der Waals surface area contributed by atoms with E-state index in [2.05, 4.69) is 0 Å². The number of benzene rings is 2. The molecule has 3 aliphatic rings. The molecule has 31 heavy (non-hydrogen) atoms. The van der Waals surface area contributed by atoms with E-state index in [-0.39, 0.29) is 21.7 Å². The van der Waals surface area contributed by atoms with Gasteiger partial charge in [-0.2, -0.15) is 0 Å². The molecule has 0 amide bonds. The van der Waals surface area contributed by atoms with Crippen molar-refractivity contribution >= 4 is 37.4 Å². The number of carbonyl (C=O) groups excluding carboxylic acids is 2. The van der Waals surface area contributed by atoms with Crippen LogP contribution in [0.15, 0.2) is 52.4 Å². The van der Waals surface area contributed by atoms with Crippen LogP contribution in [0.25, 0.3) is 0 Å². The van der Waals surface area contributed by atoms with Gasteiger partial charge in [-0.25, -0.2) is 18.0 Å². The number of hydrogen-bond donors (Lipinski definition) is 0. The van der Waals surface area contributed by atoms with E-state index in [1.54, 1.807) is 0 Å². The van der Waals surface area contributed by atoms with Crippen LogP contribution >= 0.6 is 10.7 Å². The van der Waals surface area contributed by atoms with Crippen LogP contribution in [0.4, 0.5) is 5.69 Å². The lowest BCUT2D eigenvalue weighted by Gasteiger charge is -2.41. The fourth-order valence-corrected chi connectivity index (χ4v) is 5.14. The van der Waals surface area contributed by atoms with Gasteiger partial charge in [-0.15, -0.1) is 0 Å². The molecule has 2 aromatic carbocycles. The molecule has 0 saturated carbocycles. The van der Waals surface area contributed by atoms with Crippen LogP contribution in [0.5, 0.6) is 0 Å². The molecule has 2 atom stereocenters. The molecule has 0 aliphatic heterocycles. The molecule has 3 aliphatic carbocycles. The van der Waals surface area contributed by atoms with Crippen molar-refractivity contribution in [3.8, 4) is 0 Å². The summed E-state index contributed by atoms with van der Waals surface area (Å²) in [6.07, 6.45) is 0. The second-order valence-corrected chi connectivity index (χ2v) is 9.54. The largest absolute Gasteiger partial charge is 0.466 e. The van der Waals surface area contributed by atoms with Crippen LogP contribution in [-0.2, 0) is 28.1 Å². The van der Waals surface area contributed by atoms with E-state index in [4.69, 9.17) is 20.2 Å². The standard InChI is InChI=1S/C20H14ClNO8S/c1-29-19(23)17-15-11-5-3-9(22(25)26)7-13(11)16(18(17)20(24)30-2)14-8-10(31(21,27)28)4-6-12(14)15/h3-8,15-16H,1-2H3. The van der Waals surface area contributed by atoms with E-state index in [0.29, 0.717) is 22.3 Å². The van der Waals surface area contributed by atoms with Crippen molar-refractivity contribution < 1.29 is 32.4 Å². The average molecular weight is 464 g/mol. The highest BCUT2D eigenvalue weighted by atomic mass is 35.7. The van der Waals surface area contributed by atoms with Crippen LogP contribution in [0.2, 0.25) is 0 Å². The predicted octanol–water partition coefficient (Wildman–Crippen LogP) is 2.76. The Hall–Kier alpha value is -3.24. The Morgan fingerprint density at radius 1 is 0.903 bits per heavy atom. The molecule has 9 nitrogen and oxygen atoms in total. The zero-order valence-electron chi connectivity index (χ0n) is 16.1. The molecule has 2 aromatic rings. The van der Waals surface area contributed by atoms with Crippen molar-refractivity contribution in [2.24, 2.45) is 0 Å². The topological polar surface area (TPSA) is 130 Å². The highest BCUT2D eigenvalue weighted by Gasteiger charge is 2.49. The summed E-state index contributed by atoms with van der Waals surface area (Å²) >= 11 is 0. The molecule has 5 rings (SSSR count). The first kappa shape index (κ1) is 21.0. The molecule has 11 heteroatoms. The number of rotatable bonds is 4. The van der Waals surface area contributed by atoms with E-state index in [1.165, 1.54) is 43.5 Å². The summed E-state index contributed by atoms with van der Waals surface area (Å²) in [6.45, 7) is 0. The summed E-state index contributed by atoms with van der Waals surface area (Å²) in [5, 5.41) is 11.3. The Kier molecular flexibility index (Phi) is 4.86. The van der Waals surface area contributed by atoms with Crippen LogP contribution in [-0.4, -0.2) is 39.5 Å². The molecule has 2 unspecified atom stereocenters. The highest BCUT2D eigenvalue weighted by molar-refractivity contribution is 8.13. The van der Waals surface area contributed by atoms with Crippen molar-refractivity contribution in [1.82, 2.24) is 0 Å². The maximum absolute atomic E-state index is 12.7. The molecule has 0 radical (unpaired) electrons. The lowest BCUT2D eigenvalue weighted by atomic mass is 9.61. The zero-order valence-corrected chi connectivity index (χ0v) is 17.7. The number of hydrogen-bond acceptors (Lipinski definition) is 8. The smallest absolute Gasteiger partial charge is 0.335 e. The lowest BCUT2D eigenvalue weighted by Crippen LogP contribution is -2.35. The summed E-state index contributed by atoms with van der Waals surface area (Å²) in [5.74, 6) is -3.35. The molecule has 0 aromatic heterocycles. The van der Waals surface area contributed by atoms with Gasteiger partial charge in [0.05, 0.1) is 35.2 Å². The van der Waals surface area contributed by atoms with Crippen molar-refractivity contribution in [2.45, 2.75) is 16.7 Å².